The number of nitrogens with one attached hydrogen (secondary N) is 2. The minimum Gasteiger partial charge on any atom is -0.469 e. The Labute approximate surface area is 234 Å². The summed E-state index contributed by atoms with van der Waals surface area (Å²) in [5, 5.41) is 5.37. The number of methoxy groups -OCH3 is 1. The summed E-state index contributed by atoms with van der Waals surface area (Å²) in [6, 6.07) is 13.0. The number of carbonyl (C=O) groups excluding carboxylic acids is 4. The maximum absolute atomic E-state index is 13.4. The lowest BCUT2D eigenvalue weighted by Gasteiger charge is -2.20. The summed E-state index contributed by atoms with van der Waals surface area (Å²) in [5.74, 6) is -1.39. The van der Waals surface area contributed by atoms with Crippen molar-refractivity contribution in [2.75, 3.05) is 7.11 Å². The number of benzene rings is 1. The van der Waals surface area contributed by atoms with Crippen LogP contribution in [0.1, 0.15) is 41.7 Å². The van der Waals surface area contributed by atoms with Crippen LogP contribution in [0.15, 0.2) is 94.4 Å². The van der Waals surface area contributed by atoms with E-state index in [0.717, 1.165) is 5.56 Å². The summed E-state index contributed by atoms with van der Waals surface area (Å²) < 4.78 is 10.5. The van der Waals surface area contributed by atoms with Crippen LogP contribution in [0.3, 0.4) is 0 Å². The molecule has 0 spiro atoms. The fourth-order valence-electron chi connectivity index (χ4n) is 3.60. The zero-order valence-corrected chi connectivity index (χ0v) is 22.9. The van der Waals surface area contributed by atoms with E-state index >= 15 is 0 Å². The number of rotatable bonds is 11. The molecule has 1 aromatic carbocycles. The number of hydrogen-bond donors (Lipinski definition) is 2. The van der Waals surface area contributed by atoms with E-state index in [-0.39, 0.29) is 49.3 Å². The Bertz CT molecular complexity index is 1320. The molecule has 0 saturated heterocycles. The first-order valence-electron chi connectivity index (χ1n) is 12.2. The molecule has 2 aromatic rings. The molecule has 39 heavy (non-hydrogen) atoms. The monoisotopic (exact) mass is 593 g/mol. The topological polar surface area (TPSA) is 124 Å². The van der Waals surface area contributed by atoms with Crippen molar-refractivity contribution in [3.05, 3.63) is 106 Å². The highest BCUT2D eigenvalue weighted by Crippen LogP contribution is 2.21. The van der Waals surface area contributed by atoms with Gasteiger partial charge in [-0.2, -0.15) is 0 Å². The molecule has 1 aromatic heterocycles. The third kappa shape index (κ3) is 9.52. The molecule has 10 heteroatoms. The normalized spacial score (nSPS) is 16.6. The zero-order chi connectivity index (χ0) is 28.0. The molecule has 1 aliphatic rings. The Morgan fingerprint density at radius 3 is 2.59 bits per heavy atom. The second kappa shape index (κ2) is 15.2. The molecule has 0 radical (unpaired) electrons. The van der Waals surface area contributed by atoms with Gasteiger partial charge in [0.2, 0.25) is 11.7 Å². The van der Waals surface area contributed by atoms with Crippen LogP contribution in [-0.2, 0) is 25.7 Å². The Kier molecular flexibility index (Phi) is 11.4. The first-order valence-corrected chi connectivity index (χ1v) is 13.0. The summed E-state index contributed by atoms with van der Waals surface area (Å²) >= 11 is 3.39. The molecule has 1 heterocycles. The molecule has 1 aliphatic carbocycles. The predicted molar refractivity (Wildman–Crippen MR) is 147 cm³/mol. The number of pyridine rings is 1. The van der Waals surface area contributed by atoms with Crippen molar-refractivity contribution >= 4 is 39.7 Å². The number of esters is 1. The summed E-state index contributed by atoms with van der Waals surface area (Å²) in [7, 11) is 1.28. The summed E-state index contributed by atoms with van der Waals surface area (Å²) in [6.45, 7) is 0.0208. The number of halogens is 1. The molecule has 0 aliphatic heterocycles. The molecule has 1 atom stereocenters. The van der Waals surface area contributed by atoms with Gasteiger partial charge in [0.15, 0.2) is 0 Å². The maximum Gasteiger partial charge on any atom is 0.408 e. The summed E-state index contributed by atoms with van der Waals surface area (Å²) in [4.78, 5) is 55.0. The molecule has 0 unspecified atom stereocenters. The van der Waals surface area contributed by atoms with E-state index in [4.69, 9.17) is 4.74 Å². The van der Waals surface area contributed by atoms with Gasteiger partial charge < -0.3 is 20.1 Å². The van der Waals surface area contributed by atoms with Crippen molar-refractivity contribution in [2.45, 2.75) is 38.3 Å². The van der Waals surface area contributed by atoms with Crippen LogP contribution < -0.4 is 10.6 Å². The van der Waals surface area contributed by atoms with Gasteiger partial charge >= 0.3 is 12.1 Å². The lowest BCUT2D eigenvalue weighted by Crippen LogP contribution is -2.47. The van der Waals surface area contributed by atoms with Gasteiger partial charge in [0, 0.05) is 34.8 Å². The van der Waals surface area contributed by atoms with Gasteiger partial charge in [0.05, 0.1) is 7.11 Å². The van der Waals surface area contributed by atoms with E-state index in [1.54, 1.807) is 36.4 Å². The Hall–Kier alpha value is -4.27. The minimum atomic E-state index is -1.05. The van der Waals surface area contributed by atoms with Crippen LogP contribution in [0.2, 0.25) is 0 Å². The van der Waals surface area contributed by atoms with E-state index in [2.05, 4.69) is 42.0 Å². The van der Waals surface area contributed by atoms with Gasteiger partial charge in [-0.25, -0.2) is 4.79 Å². The molecule has 0 bridgehead atoms. The number of amides is 2. The summed E-state index contributed by atoms with van der Waals surface area (Å²) in [5.41, 5.74) is 4.50. The Balaban J connectivity index is 1.81. The predicted octanol–water partition coefficient (Wildman–Crippen LogP) is 4.67. The van der Waals surface area contributed by atoms with Crippen LogP contribution in [0, 0.1) is 0 Å². The van der Waals surface area contributed by atoms with E-state index in [1.165, 1.54) is 13.3 Å². The van der Waals surface area contributed by atoms with Crippen molar-refractivity contribution in [1.29, 1.82) is 0 Å². The second-order valence-corrected chi connectivity index (χ2v) is 9.32. The fraction of sp³-hybridized carbons (Fsp3) is 0.241. The number of alkyl carbamates (subject to hydrolysis) is 1. The average Bonchev–Trinajstić information content (AvgIpc) is 2.95. The number of ether oxygens (including phenoxy) is 2. The first-order chi connectivity index (χ1) is 18.9. The molecular weight excluding hydrogens is 566 g/mol. The number of allylic oxidation sites excluding steroid dienone is 4. The highest BCUT2D eigenvalue weighted by molar-refractivity contribution is 9.11. The Morgan fingerprint density at radius 1 is 1.10 bits per heavy atom. The van der Waals surface area contributed by atoms with Gasteiger partial charge in [-0.3, -0.25) is 19.4 Å². The lowest BCUT2D eigenvalue weighted by molar-refractivity contribution is -0.140. The van der Waals surface area contributed by atoms with Gasteiger partial charge in [-0.1, -0.05) is 52.3 Å². The SMILES string of the molecule is COC(=O)CCC[C@H](NC(=O)OCc1ccccc1)C(=O)N/C1=C(C(=O)c2ccccn2)/C=C(/Br)C=C=CC1. The molecule has 0 saturated carbocycles. The van der Waals surface area contributed by atoms with Gasteiger partial charge in [0.25, 0.3) is 0 Å². The highest BCUT2D eigenvalue weighted by Gasteiger charge is 2.25. The maximum atomic E-state index is 13.4. The number of aromatic nitrogens is 1. The standard InChI is InChI=1S/C29H28BrN3O6/c1-38-26(34)16-9-15-25(33-29(37)39-19-20-10-3-2-4-11-20)28(36)32-23-13-6-5-12-21(30)18-22(23)27(35)24-14-7-8-17-31-24/h2-4,6-8,10-12,14,17-18,25H,9,13,15-16,19H2,1H3,(H,32,36)(H,33,37)/b21-18+,23-22-/t5?,25-/m0/s1. The number of carbonyl (C=O) groups is 4. The van der Waals surface area contributed by atoms with Crippen LogP contribution >= 0.6 is 15.9 Å². The minimum absolute atomic E-state index is 0.0208. The fourth-order valence-corrected chi connectivity index (χ4v) is 3.96. The molecule has 0 fully saturated rings. The lowest BCUT2D eigenvalue weighted by atomic mass is 10.0. The van der Waals surface area contributed by atoms with Crippen LogP contribution in [0.5, 0.6) is 0 Å². The van der Waals surface area contributed by atoms with Gasteiger partial charge in [-0.05, 0) is 48.8 Å². The molecular formula is C29H28BrN3O6. The number of nitrogens with zero attached hydrogens (tertiary/aromatic N) is 1. The van der Waals surface area contributed by atoms with Crippen molar-refractivity contribution < 1.29 is 28.7 Å². The van der Waals surface area contributed by atoms with E-state index in [1.807, 2.05) is 30.3 Å². The molecule has 9 nitrogen and oxygen atoms in total. The molecule has 3 rings (SSSR count). The summed E-state index contributed by atoms with van der Waals surface area (Å²) in [6.07, 6.45) is 6.30. The molecule has 202 valence electrons. The van der Waals surface area contributed by atoms with Crippen molar-refractivity contribution in [3.63, 3.8) is 0 Å². The smallest absolute Gasteiger partial charge is 0.408 e. The number of Topliss-reactive ketones (excluding diaryl/α,β-unsaturated/α-hetero) is 1. The average molecular weight is 594 g/mol. The number of ketones is 1. The highest BCUT2D eigenvalue weighted by atomic mass is 79.9. The first kappa shape index (κ1) is 29.3. The van der Waals surface area contributed by atoms with Gasteiger partial charge in [0.1, 0.15) is 18.3 Å². The quantitative estimate of drug-likeness (QED) is 0.220. The molecule has 2 N–H and O–H groups in total. The Morgan fingerprint density at radius 2 is 1.87 bits per heavy atom. The van der Waals surface area contributed by atoms with Crippen LogP contribution in [0.25, 0.3) is 0 Å². The largest absolute Gasteiger partial charge is 0.469 e. The van der Waals surface area contributed by atoms with Crippen molar-refractivity contribution in [2.24, 2.45) is 0 Å². The van der Waals surface area contributed by atoms with Gasteiger partial charge in [-0.15, -0.1) is 5.73 Å². The number of hydrogen-bond acceptors (Lipinski definition) is 7. The van der Waals surface area contributed by atoms with Crippen molar-refractivity contribution in [3.8, 4) is 0 Å². The third-order valence-corrected chi connectivity index (χ3v) is 6.05. The second-order valence-electron chi connectivity index (χ2n) is 8.40. The van der Waals surface area contributed by atoms with E-state index in [0.29, 0.717) is 10.2 Å². The van der Waals surface area contributed by atoms with Crippen LogP contribution in [0.4, 0.5) is 4.79 Å². The van der Waals surface area contributed by atoms with E-state index in [9.17, 15) is 19.2 Å². The zero-order valence-electron chi connectivity index (χ0n) is 21.3. The van der Waals surface area contributed by atoms with Crippen LogP contribution in [-0.4, -0.2) is 41.9 Å². The van der Waals surface area contributed by atoms with Crippen molar-refractivity contribution in [1.82, 2.24) is 15.6 Å². The third-order valence-electron chi connectivity index (χ3n) is 5.59. The molecule has 2 amide bonds. The van der Waals surface area contributed by atoms with E-state index < -0.39 is 24.0 Å².